The van der Waals surface area contributed by atoms with Gasteiger partial charge in [0.2, 0.25) is 0 Å². The maximum atomic E-state index is 11.2. The van der Waals surface area contributed by atoms with E-state index < -0.39 is 0 Å². The van der Waals surface area contributed by atoms with Crippen LogP contribution in [0.25, 0.3) is 0 Å². The summed E-state index contributed by atoms with van der Waals surface area (Å²) in [6, 6.07) is 0. The van der Waals surface area contributed by atoms with E-state index in [1.807, 2.05) is 4.90 Å². The van der Waals surface area contributed by atoms with Gasteiger partial charge in [0.25, 0.3) is 0 Å². The van der Waals surface area contributed by atoms with Crippen LogP contribution in [0.3, 0.4) is 0 Å². The Hall–Kier alpha value is 0.866. The molecule has 0 saturated carbocycles. The zero-order chi connectivity index (χ0) is 9.42. The van der Waals surface area contributed by atoms with Crippen LogP contribution in [0.1, 0.15) is 6.42 Å². The molecule has 0 radical (unpaired) electrons. The van der Waals surface area contributed by atoms with Crippen LogP contribution < -0.4 is 51.4 Å². The summed E-state index contributed by atoms with van der Waals surface area (Å²) in [5.41, 5.74) is 0. The van der Waals surface area contributed by atoms with Crippen molar-refractivity contribution in [2.24, 2.45) is 5.92 Å². The van der Waals surface area contributed by atoms with Crippen molar-refractivity contribution in [3.63, 3.8) is 0 Å². The first kappa shape index (κ1) is 12.9. The van der Waals surface area contributed by atoms with Gasteiger partial charge in [0.15, 0.2) is 0 Å². The molecule has 5 heteroatoms. The quantitative estimate of drug-likeness (QED) is 0.337. The average Bonchev–Trinajstić information content (AvgIpc) is 2.08. The fourth-order valence-electron chi connectivity index (χ4n) is 2.02. The minimum Gasteiger partial charge on any atom is -0.456 e. The Labute approximate surface area is 127 Å². The van der Waals surface area contributed by atoms with Crippen molar-refractivity contribution < 1.29 is 60.9 Å². The molecule has 2 atom stereocenters. The summed E-state index contributed by atoms with van der Waals surface area (Å²) >= 11 is 0. The number of carbonyl (C=O) groups excluding carboxylic acids is 1. The van der Waals surface area contributed by atoms with Crippen molar-refractivity contribution in [1.82, 2.24) is 9.80 Å². The molecule has 2 saturated heterocycles. The van der Waals surface area contributed by atoms with Gasteiger partial charge in [0, 0.05) is 26.1 Å². The van der Waals surface area contributed by atoms with E-state index in [9.17, 15) is 4.79 Å². The number of hydrogen-bond donors (Lipinski definition) is 0. The first-order valence-corrected chi connectivity index (χ1v) is 4.64. The molecule has 0 spiro atoms. The topological polar surface area (TPSA) is 32.8 Å². The van der Waals surface area contributed by atoms with Gasteiger partial charge in [-0.3, -0.25) is 7.05 Å². The normalized spacial score (nSPS) is 33.0. The molecule has 2 aliphatic rings. The van der Waals surface area contributed by atoms with Crippen LogP contribution in [0, 0.1) is 13.0 Å². The van der Waals surface area contributed by atoms with E-state index in [0.29, 0.717) is 5.92 Å². The largest absolute Gasteiger partial charge is 1.00 e. The molecule has 2 aliphatic heterocycles. The second kappa shape index (κ2) is 5.27. The second-order valence-electron chi connectivity index (χ2n) is 3.93. The smallest absolute Gasteiger partial charge is 0.456 e. The molecule has 0 unspecified atom stereocenters. The molecule has 2 heterocycles. The Bertz CT molecular complexity index is 225. The van der Waals surface area contributed by atoms with Gasteiger partial charge in [-0.2, -0.15) is 0 Å². The van der Waals surface area contributed by atoms with Gasteiger partial charge in [-0.05, 0) is 13.0 Å². The Balaban J connectivity index is 0.000000980. The molecule has 1 amide bonds. The van der Waals surface area contributed by atoms with Crippen LogP contribution in [0.2, 0.25) is 0 Å². The van der Waals surface area contributed by atoms with E-state index in [0.717, 1.165) is 26.1 Å². The molecule has 0 aromatic carbocycles. The number of rotatable bonds is 0. The van der Waals surface area contributed by atoms with Crippen LogP contribution in [0.5, 0.6) is 0 Å². The molecule has 4 nitrogen and oxygen atoms in total. The van der Waals surface area contributed by atoms with E-state index in [-0.39, 0.29) is 63.6 Å². The zero-order valence-electron chi connectivity index (χ0n) is 8.90. The summed E-state index contributed by atoms with van der Waals surface area (Å²) in [4.78, 5) is 14.8. The Morgan fingerprint density at radius 3 is 2.93 bits per heavy atom. The van der Waals surface area contributed by atoms with E-state index in [1.165, 1.54) is 0 Å². The number of ether oxygens (including phenoxy) is 1. The molecule has 0 aromatic rings. The number of nitrogens with zero attached hydrogens (tertiary/aromatic N) is 2. The van der Waals surface area contributed by atoms with Gasteiger partial charge >= 0.3 is 57.5 Å². The standard InChI is InChI=1S/C9H15N2O2.K/c1-10-4-3-7-5-11(2)9(12)13-8(7)6-10;/h7-8H,1,3-6H2,2H3;/q-1;+1/t7-,8+;/m0./s1. The summed E-state index contributed by atoms with van der Waals surface area (Å²) in [6.45, 7) is 2.62. The van der Waals surface area contributed by atoms with Crippen molar-refractivity contribution in [1.29, 1.82) is 0 Å². The summed E-state index contributed by atoms with van der Waals surface area (Å²) in [5, 5.41) is 0. The molecule has 0 aliphatic carbocycles. The predicted molar refractivity (Wildman–Crippen MR) is 47.9 cm³/mol. The van der Waals surface area contributed by atoms with Crippen LogP contribution in [-0.2, 0) is 4.74 Å². The molecule has 14 heavy (non-hydrogen) atoms. The maximum Gasteiger partial charge on any atom is 1.00 e. The zero-order valence-corrected chi connectivity index (χ0v) is 12.0. The van der Waals surface area contributed by atoms with E-state index >= 15 is 0 Å². The molecule has 0 aromatic heterocycles. The van der Waals surface area contributed by atoms with Crippen molar-refractivity contribution >= 4 is 6.09 Å². The molecule has 2 rings (SSSR count). The SMILES string of the molecule is [CH2-]N1CC[C@H]2CN(C)C(=O)O[C@@H]2C1.[K+]. The van der Waals surface area contributed by atoms with Crippen molar-refractivity contribution in [2.75, 3.05) is 26.7 Å². The minimum absolute atomic E-state index is 0. The van der Waals surface area contributed by atoms with Crippen LogP contribution in [0.4, 0.5) is 4.79 Å². The van der Waals surface area contributed by atoms with Gasteiger partial charge in [0.05, 0.1) is 0 Å². The average molecular weight is 222 g/mol. The van der Waals surface area contributed by atoms with Gasteiger partial charge in [-0.1, -0.05) is 0 Å². The fraction of sp³-hybridized carbons (Fsp3) is 0.778. The number of amides is 1. The summed E-state index contributed by atoms with van der Waals surface area (Å²) in [5.74, 6) is 0.501. The van der Waals surface area contributed by atoms with E-state index in [2.05, 4.69) is 7.05 Å². The number of fused-ring (bicyclic) bond motifs is 1. The predicted octanol–water partition coefficient (Wildman–Crippen LogP) is -2.45. The maximum absolute atomic E-state index is 11.2. The summed E-state index contributed by atoms with van der Waals surface area (Å²) in [7, 11) is 5.65. The number of carbonyl (C=O) groups is 1. The minimum atomic E-state index is -0.198. The van der Waals surface area contributed by atoms with Gasteiger partial charge in [-0.15, -0.1) is 0 Å². The molecular weight excluding hydrogens is 207 g/mol. The third kappa shape index (κ3) is 2.71. The molecule has 74 valence electrons. The van der Waals surface area contributed by atoms with E-state index in [4.69, 9.17) is 4.74 Å². The van der Waals surface area contributed by atoms with Crippen LogP contribution in [0.15, 0.2) is 0 Å². The first-order chi connectivity index (χ1) is 6.16. The third-order valence-electron chi connectivity index (χ3n) is 2.85. The molecule has 0 N–H and O–H groups in total. The molecular formula is C9H15KN2O2. The Morgan fingerprint density at radius 2 is 2.21 bits per heavy atom. The number of likely N-dealkylation sites (tertiary alicyclic amines) is 1. The Kier molecular flexibility index (Phi) is 4.87. The van der Waals surface area contributed by atoms with Crippen LogP contribution in [-0.4, -0.2) is 48.7 Å². The van der Waals surface area contributed by atoms with Gasteiger partial charge < -0.3 is 14.5 Å². The summed E-state index contributed by atoms with van der Waals surface area (Å²) in [6.07, 6.45) is 0.942. The Morgan fingerprint density at radius 1 is 1.50 bits per heavy atom. The van der Waals surface area contributed by atoms with Gasteiger partial charge in [0.1, 0.15) is 6.10 Å². The van der Waals surface area contributed by atoms with Crippen LogP contribution >= 0.6 is 0 Å². The summed E-state index contributed by atoms with van der Waals surface area (Å²) < 4.78 is 5.28. The fourth-order valence-corrected chi connectivity index (χ4v) is 2.02. The van der Waals surface area contributed by atoms with Crippen molar-refractivity contribution in [3.8, 4) is 0 Å². The second-order valence-corrected chi connectivity index (χ2v) is 3.93. The monoisotopic (exact) mass is 222 g/mol. The number of piperidine rings is 1. The third-order valence-corrected chi connectivity index (χ3v) is 2.85. The van der Waals surface area contributed by atoms with Gasteiger partial charge in [-0.25, -0.2) is 4.79 Å². The number of hydrogen-bond acceptors (Lipinski definition) is 3. The molecule has 2 fully saturated rings. The molecule has 0 bridgehead atoms. The van der Waals surface area contributed by atoms with E-state index in [1.54, 1.807) is 11.9 Å². The van der Waals surface area contributed by atoms with Crippen molar-refractivity contribution in [3.05, 3.63) is 7.05 Å². The first-order valence-electron chi connectivity index (χ1n) is 4.64. The van der Waals surface area contributed by atoms with Crippen molar-refractivity contribution in [2.45, 2.75) is 12.5 Å².